The fourth-order valence-electron chi connectivity index (χ4n) is 5.00. The Morgan fingerprint density at radius 1 is 1.00 bits per heavy atom. The van der Waals surface area contributed by atoms with Crippen molar-refractivity contribution < 1.29 is 9.47 Å². The fourth-order valence-corrected chi connectivity index (χ4v) is 5.00. The van der Waals surface area contributed by atoms with E-state index in [1.165, 1.54) is 30.5 Å². The van der Waals surface area contributed by atoms with Gasteiger partial charge in [-0.15, -0.1) is 0 Å². The molecule has 3 rings (SSSR count). The van der Waals surface area contributed by atoms with Gasteiger partial charge in [0.05, 0.1) is 14.2 Å². The number of benzene rings is 2. The van der Waals surface area contributed by atoms with Crippen LogP contribution in [0.1, 0.15) is 37.8 Å². The Labute approximate surface area is 182 Å². The van der Waals surface area contributed by atoms with Gasteiger partial charge in [-0.2, -0.15) is 0 Å². The van der Waals surface area contributed by atoms with Crippen molar-refractivity contribution in [2.24, 2.45) is 11.3 Å². The normalized spacial score (nSPS) is 24.6. The molecule has 0 amide bonds. The smallest absolute Gasteiger partial charge is 0.161 e. The van der Waals surface area contributed by atoms with Crippen molar-refractivity contribution in [2.75, 3.05) is 34.4 Å². The van der Waals surface area contributed by atoms with Crippen LogP contribution in [0, 0.1) is 11.3 Å². The highest BCUT2D eigenvalue weighted by Crippen LogP contribution is 2.44. The Kier molecular flexibility index (Phi) is 7.79. The molecule has 4 heteroatoms. The molecular weight excluding hydrogens is 372 g/mol. The topological polar surface area (TPSA) is 33.7 Å². The van der Waals surface area contributed by atoms with Gasteiger partial charge < -0.3 is 19.7 Å². The zero-order chi connectivity index (χ0) is 21.6. The Morgan fingerprint density at radius 2 is 1.73 bits per heavy atom. The van der Waals surface area contributed by atoms with Gasteiger partial charge in [0.2, 0.25) is 0 Å². The summed E-state index contributed by atoms with van der Waals surface area (Å²) in [6.45, 7) is 7.85. The van der Waals surface area contributed by atoms with Crippen molar-refractivity contribution in [1.29, 1.82) is 0 Å². The molecule has 164 valence electrons. The van der Waals surface area contributed by atoms with Gasteiger partial charge in [0, 0.05) is 19.1 Å². The van der Waals surface area contributed by atoms with Gasteiger partial charge in [-0.3, -0.25) is 0 Å². The SMILES string of the molecule is COc1ccc(CNCC[C@@]2(Cc3ccccc3)C[C@H](C)N(C)C[C@@H]2C)cc1OC. The molecule has 30 heavy (non-hydrogen) atoms. The Balaban J connectivity index is 1.65. The number of hydrogen-bond acceptors (Lipinski definition) is 4. The highest BCUT2D eigenvalue weighted by molar-refractivity contribution is 5.42. The summed E-state index contributed by atoms with van der Waals surface area (Å²) in [5.74, 6) is 2.23. The average Bonchev–Trinajstić information content (AvgIpc) is 2.76. The maximum Gasteiger partial charge on any atom is 0.161 e. The van der Waals surface area contributed by atoms with Crippen LogP contribution < -0.4 is 14.8 Å². The predicted molar refractivity (Wildman–Crippen MR) is 124 cm³/mol. The highest BCUT2D eigenvalue weighted by atomic mass is 16.5. The third-order valence-corrected chi connectivity index (χ3v) is 7.04. The minimum Gasteiger partial charge on any atom is -0.493 e. The molecule has 4 nitrogen and oxygen atoms in total. The van der Waals surface area contributed by atoms with Crippen molar-refractivity contribution in [3.63, 3.8) is 0 Å². The number of rotatable bonds is 9. The first-order chi connectivity index (χ1) is 14.5. The van der Waals surface area contributed by atoms with Crippen molar-refractivity contribution in [3.05, 3.63) is 59.7 Å². The second kappa shape index (κ2) is 10.3. The van der Waals surface area contributed by atoms with Crippen LogP contribution in [0.5, 0.6) is 11.5 Å². The summed E-state index contributed by atoms with van der Waals surface area (Å²) in [6.07, 6.45) is 3.59. The fraction of sp³-hybridized carbons (Fsp3) is 0.538. The number of ether oxygens (including phenoxy) is 2. The van der Waals surface area contributed by atoms with E-state index in [2.05, 4.69) is 73.6 Å². The quantitative estimate of drug-likeness (QED) is 0.604. The molecule has 1 saturated heterocycles. The molecule has 1 fully saturated rings. The summed E-state index contributed by atoms with van der Waals surface area (Å²) in [7, 11) is 5.62. The summed E-state index contributed by atoms with van der Waals surface area (Å²) < 4.78 is 10.8. The van der Waals surface area contributed by atoms with E-state index in [1.54, 1.807) is 14.2 Å². The molecule has 1 aliphatic heterocycles. The van der Waals surface area contributed by atoms with Gasteiger partial charge in [0.1, 0.15) is 0 Å². The molecule has 0 aliphatic carbocycles. The molecule has 2 aromatic carbocycles. The second-order valence-corrected chi connectivity index (χ2v) is 9.03. The molecule has 2 aromatic rings. The van der Waals surface area contributed by atoms with Gasteiger partial charge in [-0.05, 0) is 74.4 Å². The maximum atomic E-state index is 5.44. The van der Waals surface area contributed by atoms with Gasteiger partial charge in [0.15, 0.2) is 11.5 Å². The van der Waals surface area contributed by atoms with Crippen molar-refractivity contribution >= 4 is 0 Å². The van der Waals surface area contributed by atoms with Gasteiger partial charge in [0.25, 0.3) is 0 Å². The predicted octanol–water partition coefficient (Wildman–Crippen LogP) is 4.77. The molecule has 0 aromatic heterocycles. The molecule has 3 atom stereocenters. The van der Waals surface area contributed by atoms with E-state index >= 15 is 0 Å². The number of nitrogens with zero attached hydrogens (tertiary/aromatic N) is 1. The summed E-state index contributed by atoms with van der Waals surface area (Å²) in [6, 6.07) is 17.8. The van der Waals surface area contributed by atoms with Gasteiger partial charge in [-0.1, -0.05) is 43.3 Å². The number of methoxy groups -OCH3 is 2. The lowest BCUT2D eigenvalue weighted by Gasteiger charge is -2.49. The van der Waals surface area contributed by atoms with E-state index in [1.807, 2.05) is 6.07 Å². The molecule has 1 aliphatic rings. The van der Waals surface area contributed by atoms with Crippen molar-refractivity contribution in [2.45, 2.75) is 45.7 Å². The average molecular weight is 411 g/mol. The Bertz CT molecular complexity index is 795. The van der Waals surface area contributed by atoms with Crippen LogP contribution >= 0.6 is 0 Å². The van der Waals surface area contributed by atoms with Crippen molar-refractivity contribution in [3.8, 4) is 11.5 Å². The van der Waals surface area contributed by atoms with Crippen LogP contribution in [-0.2, 0) is 13.0 Å². The molecule has 0 unspecified atom stereocenters. The first kappa shape index (κ1) is 22.6. The minimum absolute atomic E-state index is 0.331. The van der Waals surface area contributed by atoms with Crippen LogP contribution in [0.15, 0.2) is 48.5 Å². The van der Waals surface area contributed by atoms with Crippen LogP contribution in [0.4, 0.5) is 0 Å². The largest absolute Gasteiger partial charge is 0.493 e. The summed E-state index contributed by atoms with van der Waals surface area (Å²) >= 11 is 0. The van der Waals surface area contributed by atoms with Crippen LogP contribution in [0.2, 0.25) is 0 Å². The van der Waals surface area contributed by atoms with E-state index in [4.69, 9.17) is 9.47 Å². The van der Waals surface area contributed by atoms with Gasteiger partial charge >= 0.3 is 0 Å². The van der Waals surface area contributed by atoms with Gasteiger partial charge in [-0.25, -0.2) is 0 Å². The number of nitrogens with one attached hydrogen (secondary N) is 1. The van der Waals surface area contributed by atoms with Crippen LogP contribution in [0.3, 0.4) is 0 Å². The highest BCUT2D eigenvalue weighted by Gasteiger charge is 2.42. The van der Waals surface area contributed by atoms with E-state index in [0.29, 0.717) is 17.4 Å². The zero-order valence-corrected chi connectivity index (χ0v) is 19.3. The molecule has 0 radical (unpaired) electrons. The Hall–Kier alpha value is -2.04. The van der Waals surface area contributed by atoms with E-state index in [9.17, 15) is 0 Å². The third kappa shape index (κ3) is 5.35. The number of piperidine rings is 1. The summed E-state index contributed by atoms with van der Waals surface area (Å²) in [5, 5.41) is 3.68. The number of hydrogen-bond donors (Lipinski definition) is 1. The van der Waals surface area contributed by atoms with Crippen LogP contribution in [-0.4, -0.2) is 45.3 Å². The third-order valence-electron chi connectivity index (χ3n) is 7.04. The summed E-state index contributed by atoms with van der Waals surface area (Å²) in [5.41, 5.74) is 3.01. The molecule has 1 heterocycles. The Morgan fingerprint density at radius 3 is 2.43 bits per heavy atom. The second-order valence-electron chi connectivity index (χ2n) is 9.03. The monoisotopic (exact) mass is 410 g/mol. The van der Waals surface area contributed by atoms with E-state index in [0.717, 1.165) is 31.0 Å². The lowest BCUT2D eigenvalue weighted by atomic mass is 9.63. The minimum atomic E-state index is 0.331. The first-order valence-corrected chi connectivity index (χ1v) is 11.1. The standard InChI is InChI=1S/C26H38N2O2/c1-20-19-28(3)21(2)16-26(20,17-22-9-7-6-8-10-22)13-14-27-18-23-11-12-24(29-4)25(15-23)30-5/h6-12,15,20-21,27H,13-14,16-19H2,1-5H3/t20-,21-,26-/m0/s1. The lowest BCUT2D eigenvalue weighted by Crippen LogP contribution is -2.51. The number of likely N-dealkylation sites (tertiary alicyclic amines) is 1. The molecule has 0 spiro atoms. The lowest BCUT2D eigenvalue weighted by molar-refractivity contribution is 0.0132. The molecule has 0 bridgehead atoms. The van der Waals surface area contributed by atoms with Crippen LogP contribution in [0.25, 0.3) is 0 Å². The molecule has 1 N–H and O–H groups in total. The molecular formula is C26H38N2O2. The van der Waals surface area contributed by atoms with Crippen molar-refractivity contribution in [1.82, 2.24) is 10.2 Å². The maximum absolute atomic E-state index is 5.44. The first-order valence-electron chi connectivity index (χ1n) is 11.1. The summed E-state index contributed by atoms with van der Waals surface area (Å²) in [4.78, 5) is 2.52. The zero-order valence-electron chi connectivity index (χ0n) is 19.3. The van der Waals surface area contributed by atoms with E-state index in [-0.39, 0.29) is 0 Å². The molecule has 0 saturated carbocycles. The van der Waals surface area contributed by atoms with E-state index < -0.39 is 0 Å².